The van der Waals surface area contributed by atoms with Crippen LogP contribution in [-0.4, -0.2) is 29.4 Å². The highest BCUT2D eigenvalue weighted by Gasteiger charge is 2.07. The fraction of sp³-hybridized carbons (Fsp3) is 0.533. The van der Waals surface area contributed by atoms with Crippen molar-refractivity contribution in [3.05, 3.63) is 35.4 Å². The van der Waals surface area contributed by atoms with Gasteiger partial charge < -0.3 is 10.4 Å². The normalized spacial score (nSPS) is 12.2. The average molecular weight is 281 g/mol. The topological polar surface area (TPSA) is 49.3 Å². The number of carbonyl (C=O) groups is 1. The van der Waals surface area contributed by atoms with Crippen molar-refractivity contribution in [3.8, 4) is 0 Å². The van der Waals surface area contributed by atoms with Gasteiger partial charge >= 0.3 is 0 Å². The molecule has 0 heterocycles. The molecule has 0 aliphatic rings. The first-order valence-electron chi connectivity index (χ1n) is 6.65. The van der Waals surface area contributed by atoms with Crippen molar-refractivity contribution >= 4 is 17.7 Å². The Kier molecular flexibility index (Phi) is 7.60. The molecule has 106 valence electrons. The van der Waals surface area contributed by atoms with E-state index in [2.05, 4.69) is 30.4 Å². The molecule has 0 aromatic heterocycles. The van der Waals surface area contributed by atoms with Gasteiger partial charge in [-0.3, -0.25) is 4.79 Å². The van der Waals surface area contributed by atoms with E-state index >= 15 is 0 Å². The minimum absolute atomic E-state index is 0.0723. The standard InChI is InChI=1S/C15H23NO2S/c1-12-5-3-7-14(9-12)10-19-11-15(18)16-13(2)6-4-8-17/h3,5,7,9,13,17H,4,6,8,10-11H2,1-2H3,(H,16,18). The Labute approximate surface area is 119 Å². The van der Waals surface area contributed by atoms with Gasteiger partial charge in [0.2, 0.25) is 5.91 Å². The Bertz CT molecular complexity index is 395. The number of nitrogens with one attached hydrogen (secondary N) is 1. The predicted octanol–water partition coefficient (Wildman–Crippen LogP) is 2.51. The van der Waals surface area contributed by atoms with Gasteiger partial charge in [0.1, 0.15) is 0 Å². The molecule has 0 bridgehead atoms. The SMILES string of the molecule is Cc1cccc(CSCC(=O)NC(C)CCCO)c1. The van der Waals surface area contributed by atoms with Gasteiger partial charge in [0.25, 0.3) is 0 Å². The first kappa shape index (κ1) is 16.1. The van der Waals surface area contributed by atoms with Crippen LogP contribution in [0, 0.1) is 6.92 Å². The maximum atomic E-state index is 11.7. The number of aliphatic hydroxyl groups is 1. The van der Waals surface area contributed by atoms with E-state index in [1.54, 1.807) is 11.8 Å². The second-order valence-corrected chi connectivity index (χ2v) is 5.80. The zero-order valence-corrected chi connectivity index (χ0v) is 12.5. The summed E-state index contributed by atoms with van der Waals surface area (Å²) in [6.07, 6.45) is 1.56. The van der Waals surface area contributed by atoms with Crippen molar-refractivity contribution in [1.82, 2.24) is 5.32 Å². The average Bonchev–Trinajstić information content (AvgIpc) is 2.36. The number of hydrogen-bond donors (Lipinski definition) is 2. The van der Waals surface area contributed by atoms with Crippen molar-refractivity contribution in [1.29, 1.82) is 0 Å². The van der Waals surface area contributed by atoms with Crippen LogP contribution in [0.15, 0.2) is 24.3 Å². The first-order chi connectivity index (χ1) is 9.11. The highest BCUT2D eigenvalue weighted by atomic mass is 32.2. The molecule has 0 spiro atoms. The third kappa shape index (κ3) is 7.23. The second-order valence-electron chi connectivity index (χ2n) is 4.82. The lowest BCUT2D eigenvalue weighted by molar-refractivity contribution is -0.119. The summed E-state index contributed by atoms with van der Waals surface area (Å²) < 4.78 is 0. The van der Waals surface area contributed by atoms with E-state index < -0.39 is 0 Å². The highest BCUT2D eigenvalue weighted by Crippen LogP contribution is 2.13. The molecule has 1 unspecified atom stereocenters. The third-order valence-corrected chi connectivity index (χ3v) is 3.79. The number of thioether (sulfide) groups is 1. The molecule has 1 aromatic carbocycles. The molecule has 1 rings (SSSR count). The molecule has 4 heteroatoms. The number of carbonyl (C=O) groups excluding carboxylic acids is 1. The Hall–Kier alpha value is -1.00. The van der Waals surface area contributed by atoms with Crippen molar-refractivity contribution in [2.75, 3.05) is 12.4 Å². The van der Waals surface area contributed by atoms with Crippen LogP contribution in [0.3, 0.4) is 0 Å². The minimum Gasteiger partial charge on any atom is -0.396 e. The second kappa shape index (κ2) is 8.99. The number of rotatable bonds is 8. The fourth-order valence-electron chi connectivity index (χ4n) is 1.85. The summed E-state index contributed by atoms with van der Waals surface area (Å²) in [4.78, 5) is 11.7. The zero-order chi connectivity index (χ0) is 14.1. The zero-order valence-electron chi connectivity index (χ0n) is 11.7. The highest BCUT2D eigenvalue weighted by molar-refractivity contribution is 7.99. The molecular formula is C15H23NO2S. The Morgan fingerprint density at radius 3 is 2.95 bits per heavy atom. The smallest absolute Gasteiger partial charge is 0.230 e. The van der Waals surface area contributed by atoms with E-state index in [1.165, 1.54) is 11.1 Å². The van der Waals surface area contributed by atoms with E-state index in [1.807, 2.05) is 13.0 Å². The number of hydrogen-bond acceptors (Lipinski definition) is 3. The van der Waals surface area contributed by atoms with E-state index in [-0.39, 0.29) is 18.6 Å². The molecule has 0 aliphatic carbocycles. The van der Waals surface area contributed by atoms with Gasteiger partial charge in [-0.2, -0.15) is 0 Å². The Morgan fingerprint density at radius 2 is 2.26 bits per heavy atom. The van der Waals surface area contributed by atoms with Gasteiger partial charge in [0.15, 0.2) is 0 Å². The van der Waals surface area contributed by atoms with Gasteiger partial charge in [-0.1, -0.05) is 29.8 Å². The summed E-state index contributed by atoms with van der Waals surface area (Å²) in [5.41, 5.74) is 2.51. The molecule has 1 atom stereocenters. The van der Waals surface area contributed by atoms with Crippen LogP contribution in [-0.2, 0) is 10.5 Å². The van der Waals surface area contributed by atoms with E-state index in [9.17, 15) is 4.79 Å². The Morgan fingerprint density at radius 1 is 1.47 bits per heavy atom. The monoisotopic (exact) mass is 281 g/mol. The minimum atomic E-state index is 0.0723. The molecule has 0 aliphatic heterocycles. The number of amides is 1. The summed E-state index contributed by atoms with van der Waals surface area (Å²) in [7, 11) is 0. The number of aryl methyl sites for hydroxylation is 1. The van der Waals surface area contributed by atoms with Crippen LogP contribution in [0.25, 0.3) is 0 Å². The maximum absolute atomic E-state index is 11.7. The van der Waals surface area contributed by atoms with E-state index in [0.29, 0.717) is 5.75 Å². The molecular weight excluding hydrogens is 258 g/mol. The Balaban J connectivity index is 2.20. The van der Waals surface area contributed by atoms with Gasteiger partial charge in [-0.05, 0) is 32.3 Å². The molecule has 0 saturated heterocycles. The molecule has 2 N–H and O–H groups in total. The van der Waals surface area contributed by atoms with Crippen LogP contribution in [0.5, 0.6) is 0 Å². The molecule has 1 aromatic rings. The summed E-state index contributed by atoms with van der Waals surface area (Å²) >= 11 is 1.63. The van der Waals surface area contributed by atoms with Gasteiger partial charge in [0, 0.05) is 18.4 Å². The lowest BCUT2D eigenvalue weighted by atomic mass is 10.2. The van der Waals surface area contributed by atoms with Crippen molar-refractivity contribution in [2.45, 2.75) is 38.5 Å². The summed E-state index contributed by atoms with van der Waals surface area (Å²) in [6.45, 7) is 4.23. The van der Waals surface area contributed by atoms with Gasteiger partial charge in [-0.15, -0.1) is 11.8 Å². The quantitative estimate of drug-likeness (QED) is 0.770. The van der Waals surface area contributed by atoms with Crippen LogP contribution in [0.2, 0.25) is 0 Å². The van der Waals surface area contributed by atoms with Crippen molar-refractivity contribution in [3.63, 3.8) is 0 Å². The number of benzene rings is 1. The lowest BCUT2D eigenvalue weighted by Crippen LogP contribution is -2.33. The number of aliphatic hydroxyl groups excluding tert-OH is 1. The molecule has 0 saturated carbocycles. The molecule has 0 fully saturated rings. The van der Waals surface area contributed by atoms with Crippen LogP contribution in [0.1, 0.15) is 30.9 Å². The third-order valence-electron chi connectivity index (χ3n) is 2.79. The fourth-order valence-corrected chi connectivity index (χ4v) is 2.64. The van der Waals surface area contributed by atoms with Gasteiger partial charge in [-0.25, -0.2) is 0 Å². The maximum Gasteiger partial charge on any atom is 0.230 e. The van der Waals surface area contributed by atoms with Crippen LogP contribution < -0.4 is 5.32 Å². The summed E-state index contributed by atoms with van der Waals surface area (Å²) in [5.74, 6) is 1.42. The summed E-state index contributed by atoms with van der Waals surface area (Å²) in [5, 5.41) is 11.7. The van der Waals surface area contributed by atoms with E-state index in [0.717, 1.165) is 18.6 Å². The molecule has 1 amide bonds. The molecule has 0 radical (unpaired) electrons. The van der Waals surface area contributed by atoms with Gasteiger partial charge in [0.05, 0.1) is 5.75 Å². The van der Waals surface area contributed by atoms with Crippen molar-refractivity contribution < 1.29 is 9.90 Å². The lowest BCUT2D eigenvalue weighted by Gasteiger charge is -2.12. The van der Waals surface area contributed by atoms with Crippen LogP contribution >= 0.6 is 11.8 Å². The summed E-state index contributed by atoms with van der Waals surface area (Å²) in [6, 6.07) is 8.49. The predicted molar refractivity (Wildman–Crippen MR) is 81.3 cm³/mol. The first-order valence-corrected chi connectivity index (χ1v) is 7.81. The largest absolute Gasteiger partial charge is 0.396 e. The van der Waals surface area contributed by atoms with E-state index in [4.69, 9.17) is 5.11 Å². The van der Waals surface area contributed by atoms with Crippen LogP contribution in [0.4, 0.5) is 0 Å². The van der Waals surface area contributed by atoms with Crippen molar-refractivity contribution in [2.24, 2.45) is 0 Å². The molecule has 3 nitrogen and oxygen atoms in total. The molecule has 19 heavy (non-hydrogen) atoms.